The summed E-state index contributed by atoms with van der Waals surface area (Å²) in [5.41, 5.74) is 0. The molecule has 0 saturated heterocycles. The second kappa shape index (κ2) is 23.5. The van der Waals surface area contributed by atoms with E-state index in [4.69, 9.17) is 0 Å². The van der Waals surface area contributed by atoms with E-state index in [0.29, 0.717) is 12.8 Å². The molecule has 3 unspecified atom stereocenters. The van der Waals surface area contributed by atoms with Gasteiger partial charge in [0.05, 0.1) is 31.3 Å². The van der Waals surface area contributed by atoms with Crippen molar-refractivity contribution in [1.29, 1.82) is 0 Å². The fourth-order valence-electron chi connectivity index (χ4n) is 4.22. The molecule has 3 atom stereocenters. The van der Waals surface area contributed by atoms with Crippen LogP contribution in [0.3, 0.4) is 0 Å². The van der Waals surface area contributed by atoms with E-state index in [1.54, 1.807) is 0 Å². The van der Waals surface area contributed by atoms with Gasteiger partial charge in [0, 0.05) is 0 Å². The summed E-state index contributed by atoms with van der Waals surface area (Å²) in [6.45, 7) is 4.17. The van der Waals surface area contributed by atoms with E-state index in [1.165, 1.54) is 83.5 Å². The summed E-state index contributed by atoms with van der Waals surface area (Å²) < 4.78 is 0. The highest BCUT2D eigenvalue weighted by Crippen LogP contribution is 2.14. The molecule has 4 N–H and O–H groups in total. The number of hydrogen-bond donors (Lipinski definition) is 4. The Morgan fingerprint density at radius 1 is 0.656 bits per heavy atom. The fraction of sp³-hybridized carbons (Fsp3) is 0.963. The van der Waals surface area contributed by atoms with Crippen molar-refractivity contribution in [2.75, 3.05) is 6.61 Å². The van der Waals surface area contributed by atoms with Crippen molar-refractivity contribution in [2.45, 2.75) is 161 Å². The van der Waals surface area contributed by atoms with E-state index < -0.39 is 18.2 Å². The predicted octanol–water partition coefficient (Wildman–Crippen LogP) is 6.03. The third kappa shape index (κ3) is 20.0. The first-order chi connectivity index (χ1) is 15.5. The fourth-order valence-corrected chi connectivity index (χ4v) is 4.22. The molecule has 1 amide bonds. The maximum absolute atomic E-state index is 12.2. The molecule has 0 bridgehead atoms. The Kier molecular flexibility index (Phi) is 23.0. The zero-order chi connectivity index (χ0) is 23.9. The van der Waals surface area contributed by atoms with Crippen LogP contribution in [0.2, 0.25) is 0 Å². The Morgan fingerprint density at radius 3 is 1.50 bits per heavy atom. The van der Waals surface area contributed by atoms with Crippen molar-refractivity contribution in [2.24, 2.45) is 0 Å². The van der Waals surface area contributed by atoms with Gasteiger partial charge >= 0.3 is 0 Å². The summed E-state index contributed by atoms with van der Waals surface area (Å²) in [4.78, 5) is 12.2. The third-order valence-electron chi connectivity index (χ3n) is 6.42. The van der Waals surface area contributed by atoms with Gasteiger partial charge in [0.1, 0.15) is 0 Å². The largest absolute Gasteiger partial charge is 0.394 e. The summed E-state index contributed by atoms with van der Waals surface area (Å²) in [6, 6.07) is -0.646. The molecule has 0 aromatic carbocycles. The van der Waals surface area contributed by atoms with Crippen molar-refractivity contribution in [1.82, 2.24) is 5.32 Å². The molecule has 0 fully saturated rings. The first-order valence-electron chi connectivity index (χ1n) is 13.8. The molecule has 32 heavy (non-hydrogen) atoms. The number of carbonyl (C=O) groups is 1. The van der Waals surface area contributed by atoms with Crippen molar-refractivity contribution in [3.05, 3.63) is 0 Å². The van der Waals surface area contributed by atoms with Crippen molar-refractivity contribution in [3.8, 4) is 0 Å². The lowest BCUT2D eigenvalue weighted by atomic mass is 10.0. The smallest absolute Gasteiger partial charge is 0.222 e. The Morgan fingerprint density at radius 2 is 1.06 bits per heavy atom. The van der Waals surface area contributed by atoms with Gasteiger partial charge in [-0.15, -0.1) is 0 Å². The highest BCUT2D eigenvalue weighted by molar-refractivity contribution is 5.76. The molecule has 0 saturated carbocycles. The number of amides is 1. The molecule has 0 aromatic heterocycles. The number of carbonyl (C=O) groups excluding carboxylic acids is 1. The molecule has 0 spiro atoms. The van der Waals surface area contributed by atoms with Crippen LogP contribution in [-0.2, 0) is 4.79 Å². The normalized spacial score (nSPS) is 14.3. The molecule has 192 valence electrons. The van der Waals surface area contributed by atoms with Crippen LogP contribution in [0.4, 0.5) is 0 Å². The second-order valence-electron chi connectivity index (χ2n) is 9.66. The minimum atomic E-state index is -0.738. The first kappa shape index (κ1) is 31.4. The zero-order valence-corrected chi connectivity index (χ0v) is 21.3. The van der Waals surface area contributed by atoms with E-state index in [2.05, 4.69) is 19.2 Å². The van der Waals surface area contributed by atoms with E-state index >= 15 is 0 Å². The van der Waals surface area contributed by atoms with Gasteiger partial charge < -0.3 is 20.6 Å². The highest BCUT2D eigenvalue weighted by atomic mass is 16.3. The quantitative estimate of drug-likeness (QED) is 0.133. The lowest BCUT2D eigenvalue weighted by Crippen LogP contribution is -2.46. The van der Waals surface area contributed by atoms with Crippen molar-refractivity contribution >= 4 is 5.91 Å². The van der Waals surface area contributed by atoms with Crippen LogP contribution in [0.5, 0.6) is 0 Å². The van der Waals surface area contributed by atoms with Gasteiger partial charge in [0.25, 0.3) is 0 Å². The van der Waals surface area contributed by atoms with Gasteiger partial charge in [-0.1, -0.05) is 123 Å². The first-order valence-corrected chi connectivity index (χ1v) is 13.8. The Labute approximate surface area is 198 Å². The van der Waals surface area contributed by atoms with Crippen LogP contribution < -0.4 is 5.32 Å². The van der Waals surface area contributed by atoms with Gasteiger partial charge in [-0.3, -0.25) is 4.79 Å². The van der Waals surface area contributed by atoms with Gasteiger partial charge in [0.15, 0.2) is 0 Å². The van der Waals surface area contributed by atoms with Crippen LogP contribution in [0.25, 0.3) is 0 Å². The average molecular weight is 458 g/mol. The van der Waals surface area contributed by atoms with Crippen LogP contribution in [-0.4, -0.2) is 46.1 Å². The van der Waals surface area contributed by atoms with Crippen LogP contribution in [0.1, 0.15) is 142 Å². The lowest BCUT2D eigenvalue weighted by Gasteiger charge is -2.23. The standard InChI is InChI=1S/C27H55NO4/c1-3-5-7-9-11-13-15-17-19-21-26(31)25(23-29)28-27(32)22-24(30)20-18-16-14-12-10-8-6-4-2/h24-26,29-31H,3-23H2,1-2H3,(H,28,32). The van der Waals surface area contributed by atoms with E-state index in [-0.39, 0.29) is 18.9 Å². The molecular formula is C27H55NO4. The van der Waals surface area contributed by atoms with Crippen LogP contribution >= 0.6 is 0 Å². The molecule has 0 aliphatic heterocycles. The zero-order valence-electron chi connectivity index (χ0n) is 21.3. The number of hydrogen-bond acceptors (Lipinski definition) is 4. The topological polar surface area (TPSA) is 89.8 Å². The highest BCUT2D eigenvalue weighted by Gasteiger charge is 2.21. The number of rotatable bonds is 24. The second-order valence-corrected chi connectivity index (χ2v) is 9.66. The predicted molar refractivity (Wildman–Crippen MR) is 135 cm³/mol. The summed E-state index contributed by atoms with van der Waals surface area (Å²) in [5, 5.41) is 32.7. The molecule has 0 rings (SSSR count). The number of nitrogens with one attached hydrogen (secondary N) is 1. The summed E-state index contributed by atoms with van der Waals surface area (Å²) in [7, 11) is 0. The Balaban J connectivity index is 3.79. The summed E-state index contributed by atoms with van der Waals surface area (Å²) in [6.07, 6.45) is 20.5. The molecule has 5 heteroatoms. The minimum absolute atomic E-state index is 0.0394. The third-order valence-corrected chi connectivity index (χ3v) is 6.42. The summed E-state index contributed by atoms with van der Waals surface area (Å²) in [5.74, 6) is -0.290. The van der Waals surface area contributed by atoms with Crippen molar-refractivity contribution in [3.63, 3.8) is 0 Å². The maximum atomic E-state index is 12.2. The van der Waals surface area contributed by atoms with Gasteiger partial charge in [-0.25, -0.2) is 0 Å². The Bertz CT molecular complexity index is 405. The van der Waals surface area contributed by atoms with Gasteiger partial charge in [0.2, 0.25) is 5.91 Å². The molecule has 0 radical (unpaired) electrons. The maximum Gasteiger partial charge on any atom is 0.222 e. The van der Waals surface area contributed by atoms with Crippen LogP contribution in [0.15, 0.2) is 0 Å². The minimum Gasteiger partial charge on any atom is -0.394 e. The summed E-state index contributed by atoms with van der Waals surface area (Å²) >= 11 is 0. The number of aliphatic hydroxyl groups excluding tert-OH is 3. The monoisotopic (exact) mass is 457 g/mol. The molecular weight excluding hydrogens is 402 g/mol. The van der Waals surface area contributed by atoms with Gasteiger partial charge in [-0.05, 0) is 12.8 Å². The molecule has 0 aliphatic carbocycles. The van der Waals surface area contributed by atoms with E-state index in [0.717, 1.165) is 25.7 Å². The molecule has 5 nitrogen and oxygen atoms in total. The van der Waals surface area contributed by atoms with E-state index in [1.807, 2.05) is 0 Å². The van der Waals surface area contributed by atoms with E-state index in [9.17, 15) is 20.1 Å². The lowest BCUT2D eigenvalue weighted by molar-refractivity contribution is -0.125. The molecule has 0 heterocycles. The molecule has 0 aliphatic rings. The van der Waals surface area contributed by atoms with Crippen molar-refractivity contribution < 1.29 is 20.1 Å². The van der Waals surface area contributed by atoms with Gasteiger partial charge in [-0.2, -0.15) is 0 Å². The SMILES string of the molecule is CCCCCCCCCCCC(O)C(CO)NC(=O)CC(O)CCCCCCCCCC. The Hall–Kier alpha value is -0.650. The molecule has 0 aromatic rings. The average Bonchev–Trinajstić information content (AvgIpc) is 2.77. The number of unbranched alkanes of at least 4 members (excludes halogenated alkanes) is 15. The number of aliphatic hydroxyl groups is 3. The van der Waals surface area contributed by atoms with Crippen LogP contribution in [0, 0.1) is 0 Å².